The Morgan fingerprint density at radius 3 is 2.44 bits per heavy atom. The van der Waals surface area contributed by atoms with Crippen LogP contribution in [0.1, 0.15) is 36.5 Å². The van der Waals surface area contributed by atoms with Gasteiger partial charge in [-0.3, -0.25) is 4.79 Å². The van der Waals surface area contributed by atoms with E-state index >= 15 is 0 Å². The van der Waals surface area contributed by atoms with E-state index in [2.05, 4.69) is 0 Å². The Bertz CT molecular complexity index is 419. The van der Waals surface area contributed by atoms with Crippen LogP contribution in [-0.2, 0) is 4.74 Å². The van der Waals surface area contributed by atoms with Crippen LogP contribution in [0.4, 0.5) is 8.78 Å². The van der Waals surface area contributed by atoms with Crippen molar-refractivity contribution in [1.29, 1.82) is 0 Å². The quantitative estimate of drug-likeness (QED) is 0.753. The lowest BCUT2D eigenvalue weighted by atomic mass is 9.78. The third-order valence-electron chi connectivity index (χ3n) is 3.25. The first-order valence-electron chi connectivity index (χ1n) is 6.19. The van der Waals surface area contributed by atoms with Gasteiger partial charge in [-0.15, -0.1) is 0 Å². The second-order valence-electron chi connectivity index (χ2n) is 4.70. The lowest BCUT2D eigenvalue weighted by molar-refractivity contribution is -0.0246. The number of hydrogen-bond acceptors (Lipinski definition) is 2. The second-order valence-corrected chi connectivity index (χ2v) is 4.70. The van der Waals surface area contributed by atoms with E-state index in [0.717, 1.165) is 31.0 Å². The molecule has 1 aromatic carbocycles. The van der Waals surface area contributed by atoms with Gasteiger partial charge in [0.2, 0.25) is 0 Å². The van der Waals surface area contributed by atoms with Crippen molar-refractivity contribution < 1.29 is 18.3 Å². The van der Waals surface area contributed by atoms with Crippen molar-refractivity contribution in [1.82, 2.24) is 0 Å². The molecule has 0 saturated heterocycles. The maximum absolute atomic E-state index is 13.0. The summed E-state index contributed by atoms with van der Waals surface area (Å²) in [5, 5.41) is 0. The minimum atomic E-state index is -0.709. The van der Waals surface area contributed by atoms with Crippen molar-refractivity contribution in [3.05, 3.63) is 35.4 Å². The Balaban J connectivity index is 1.89. The maximum Gasteiger partial charge on any atom is 0.163 e. The van der Waals surface area contributed by atoms with Gasteiger partial charge in [-0.1, -0.05) is 0 Å². The first kappa shape index (κ1) is 13.1. The number of ketones is 1. The summed E-state index contributed by atoms with van der Waals surface area (Å²) in [6.45, 7) is 2.62. The van der Waals surface area contributed by atoms with Gasteiger partial charge in [0.05, 0.1) is 6.10 Å². The van der Waals surface area contributed by atoms with Crippen LogP contribution in [0, 0.1) is 17.6 Å². The molecule has 0 radical (unpaired) electrons. The minimum absolute atomic E-state index is 0.118. The standard InChI is InChI=1S/C14H16F2O2/c1-2-18-13-3-9(4-13)5-14(17)10-6-11(15)8-12(16)7-10/h6-9,13H,2-5H2,1H3. The molecule has 0 spiro atoms. The van der Waals surface area contributed by atoms with E-state index < -0.39 is 11.6 Å². The molecule has 1 aromatic rings. The molecule has 1 aliphatic carbocycles. The fourth-order valence-corrected chi connectivity index (χ4v) is 2.31. The SMILES string of the molecule is CCOC1CC(CC(=O)c2cc(F)cc(F)c2)C1. The Morgan fingerprint density at radius 2 is 1.89 bits per heavy atom. The molecule has 0 bridgehead atoms. The summed E-state index contributed by atoms with van der Waals surface area (Å²) >= 11 is 0. The summed E-state index contributed by atoms with van der Waals surface area (Å²) in [4.78, 5) is 11.8. The molecule has 0 aliphatic heterocycles. The number of ether oxygens (including phenoxy) is 1. The Labute approximate surface area is 105 Å². The Kier molecular flexibility index (Phi) is 4.07. The lowest BCUT2D eigenvalue weighted by Gasteiger charge is -2.34. The molecular weight excluding hydrogens is 238 g/mol. The summed E-state index contributed by atoms with van der Waals surface area (Å²) in [5.74, 6) is -1.34. The molecule has 1 fully saturated rings. The molecule has 0 atom stereocenters. The normalized spacial score (nSPS) is 22.6. The predicted octanol–water partition coefficient (Wildman–Crippen LogP) is 3.35. The van der Waals surface area contributed by atoms with Crippen LogP contribution in [0.2, 0.25) is 0 Å². The lowest BCUT2D eigenvalue weighted by Crippen LogP contribution is -2.32. The highest BCUT2D eigenvalue weighted by atomic mass is 19.1. The summed E-state index contributed by atoms with van der Waals surface area (Å²) in [7, 11) is 0. The van der Waals surface area contributed by atoms with Gasteiger partial charge in [0.1, 0.15) is 11.6 Å². The Hall–Kier alpha value is -1.29. The molecule has 0 amide bonds. The molecule has 1 aliphatic rings. The molecule has 18 heavy (non-hydrogen) atoms. The second kappa shape index (κ2) is 5.57. The number of hydrogen-bond donors (Lipinski definition) is 0. The van der Waals surface area contributed by atoms with Gasteiger partial charge in [0.25, 0.3) is 0 Å². The molecular formula is C14H16F2O2. The first-order valence-corrected chi connectivity index (χ1v) is 6.19. The average molecular weight is 254 g/mol. The van der Waals surface area contributed by atoms with E-state index in [1.807, 2.05) is 6.92 Å². The van der Waals surface area contributed by atoms with Gasteiger partial charge in [-0.2, -0.15) is 0 Å². The van der Waals surface area contributed by atoms with Crippen LogP contribution in [-0.4, -0.2) is 18.5 Å². The molecule has 98 valence electrons. The average Bonchev–Trinajstić information content (AvgIpc) is 2.24. The van der Waals surface area contributed by atoms with Crippen LogP contribution >= 0.6 is 0 Å². The highest BCUT2D eigenvalue weighted by Crippen LogP contribution is 2.33. The third-order valence-corrected chi connectivity index (χ3v) is 3.25. The van der Waals surface area contributed by atoms with Gasteiger partial charge in [0.15, 0.2) is 5.78 Å². The number of rotatable bonds is 5. The fourth-order valence-electron chi connectivity index (χ4n) is 2.31. The largest absolute Gasteiger partial charge is 0.378 e. The smallest absolute Gasteiger partial charge is 0.163 e. The summed E-state index contributed by atoms with van der Waals surface area (Å²) in [5.41, 5.74) is 0.118. The van der Waals surface area contributed by atoms with Crippen molar-refractivity contribution >= 4 is 5.78 Å². The summed E-state index contributed by atoms with van der Waals surface area (Å²) < 4.78 is 31.3. The predicted molar refractivity (Wildman–Crippen MR) is 63.4 cm³/mol. The van der Waals surface area contributed by atoms with Gasteiger partial charge >= 0.3 is 0 Å². The van der Waals surface area contributed by atoms with Crippen LogP contribution in [0.3, 0.4) is 0 Å². The molecule has 0 N–H and O–H groups in total. The molecule has 4 heteroatoms. The number of Topliss-reactive ketones (excluding diaryl/α,β-unsaturated/α-hetero) is 1. The highest BCUT2D eigenvalue weighted by Gasteiger charge is 2.31. The zero-order chi connectivity index (χ0) is 13.1. The van der Waals surface area contributed by atoms with E-state index in [4.69, 9.17) is 4.74 Å². The van der Waals surface area contributed by atoms with Crippen LogP contribution in [0.25, 0.3) is 0 Å². The van der Waals surface area contributed by atoms with E-state index in [1.54, 1.807) is 0 Å². The maximum atomic E-state index is 13.0. The monoisotopic (exact) mass is 254 g/mol. The number of halogens is 2. The highest BCUT2D eigenvalue weighted by molar-refractivity contribution is 5.96. The van der Waals surface area contributed by atoms with Crippen molar-refractivity contribution in [2.45, 2.75) is 32.3 Å². The minimum Gasteiger partial charge on any atom is -0.378 e. The summed E-state index contributed by atoms with van der Waals surface area (Å²) in [6, 6.07) is 2.94. The van der Waals surface area contributed by atoms with E-state index in [0.29, 0.717) is 13.0 Å². The molecule has 2 nitrogen and oxygen atoms in total. The van der Waals surface area contributed by atoms with Crippen molar-refractivity contribution in [2.24, 2.45) is 5.92 Å². The molecule has 2 rings (SSSR count). The summed E-state index contributed by atoms with van der Waals surface area (Å²) in [6.07, 6.45) is 2.30. The van der Waals surface area contributed by atoms with Gasteiger partial charge in [-0.25, -0.2) is 8.78 Å². The third kappa shape index (κ3) is 3.13. The van der Waals surface area contributed by atoms with Crippen LogP contribution in [0.15, 0.2) is 18.2 Å². The van der Waals surface area contributed by atoms with E-state index in [1.165, 1.54) is 0 Å². The molecule has 0 aromatic heterocycles. The van der Waals surface area contributed by atoms with Gasteiger partial charge in [-0.05, 0) is 37.8 Å². The number of benzene rings is 1. The first-order chi connectivity index (χ1) is 8.58. The van der Waals surface area contributed by atoms with E-state index in [9.17, 15) is 13.6 Å². The molecule has 0 unspecified atom stereocenters. The van der Waals surface area contributed by atoms with Gasteiger partial charge < -0.3 is 4.74 Å². The molecule has 1 saturated carbocycles. The van der Waals surface area contributed by atoms with Crippen LogP contribution in [0.5, 0.6) is 0 Å². The zero-order valence-corrected chi connectivity index (χ0v) is 10.3. The number of carbonyl (C=O) groups excluding carboxylic acids is 1. The number of carbonyl (C=O) groups is 1. The molecule has 0 heterocycles. The topological polar surface area (TPSA) is 26.3 Å². The van der Waals surface area contributed by atoms with Gasteiger partial charge in [0, 0.05) is 24.7 Å². The van der Waals surface area contributed by atoms with Crippen molar-refractivity contribution in [3.63, 3.8) is 0 Å². The van der Waals surface area contributed by atoms with Crippen molar-refractivity contribution in [2.75, 3.05) is 6.61 Å². The van der Waals surface area contributed by atoms with Crippen LogP contribution < -0.4 is 0 Å². The zero-order valence-electron chi connectivity index (χ0n) is 10.3. The fraction of sp³-hybridized carbons (Fsp3) is 0.500. The Morgan fingerprint density at radius 1 is 1.28 bits per heavy atom. The van der Waals surface area contributed by atoms with Crippen molar-refractivity contribution in [3.8, 4) is 0 Å². The van der Waals surface area contributed by atoms with E-state index in [-0.39, 0.29) is 23.4 Å².